The summed E-state index contributed by atoms with van der Waals surface area (Å²) >= 11 is 0. The smallest absolute Gasteiger partial charge is 0.256 e. The van der Waals surface area contributed by atoms with Gasteiger partial charge in [0.25, 0.3) is 11.8 Å². The van der Waals surface area contributed by atoms with Gasteiger partial charge in [0.1, 0.15) is 0 Å². The summed E-state index contributed by atoms with van der Waals surface area (Å²) in [7, 11) is 0. The van der Waals surface area contributed by atoms with Gasteiger partial charge in [0.2, 0.25) is 0 Å². The maximum Gasteiger partial charge on any atom is 0.256 e. The number of imide groups is 1. The topological polar surface area (TPSA) is 37.4 Å². The molecule has 0 aromatic rings. The Bertz CT molecular complexity index is 351. The summed E-state index contributed by atoms with van der Waals surface area (Å²) in [6.45, 7) is 3.94. The number of nitrogens with zero attached hydrogens (tertiary/aromatic N) is 1. The van der Waals surface area contributed by atoms with Crippen LogP contribution in [0.4, 0.5) is 0 Å². The van der Waals surface area contributed by atoms with Crippen molar-refractivity contribution in [3.63, 3.8) is 0 Å². The standard InChI is InChI=1S/C14H21NO2/c1-3-4-11-5-7-12(8-6-11)15-13(16)9-10(2)14(15)17/h9,11-12H,3-8H2,1-2H3. The van der Waals surface area contributed by atoms with E-state index in [-0.39, 0.29) is 17.9 Å². The molecule has 0 saturated heterocycles. The maximum atomic E-state index is 11.9. The number of hydrogen-bond acceptors (Lipinski definition) is 2. The third-order valence-electron chi connectivity index (χ3n) is 4.01. The van der Waals surface area contributed by atoms with E-state index in [1.54, 1.807) is 6.92 Å². The fourth-order valence-electron chi connectivity index (χ4n) is 3.05. The van der Waals surface area contributed by atoms with E-state index in [0.29, 0.717) is 5.57 Å². The summed E-state index contributed by atoms with van der Waals surface area (Å²) in [5, 5.41) is 0. The molecule has 0 spiro atoms. The van der Waals surface area contributed by atoms with Gasteiger partial charge in [0.05, 0.1) is 0 Å². The second-order valence-electron chi connectivity index (χ2n) is 5.30. The van der Waals surface area contributed by atoms with Crippen molar-refractivity contribution in [1.29, 1.82) is 0 Å². The van der Waals surface area contributed by atoms with Gasteiger partial charge in [-0.1, -0.05) is 19.8 Å². The molecular formula is C14H21NO2. The first-order valence-electron chi connectivity index (χ1n) is 6.69. The summed E-state index contributed by atoms with van der Waals surface area (Å²) in [4.78, 5) is 25.1. The van der Waals surface area contributed by atoms with Crippen molar-refractivity contribution in [2.75, 3.05) is 0 Å². The summed E-state index contributed by atoms with van der Waals surface area (Å²) in [5.41, 5.74) is 0.589. The first-order chi connectivity index (χ1) is 8.13. The van der Waals surface area contributed by atoms with Crippen LogP contribution in [0.15, 0.2) is 11.6 Å². The summed E-state index contributed by atoms with van der Waals surface area (Å²) in [6, 6.07) is 0.150. The van der Waals surface area contributed by atoms with Crippen LogP contribution in [0, 0.1) is 5.92 Å². The Hall–Kier alpha value is -1.12. The minimum absolute atomic E-state index is 0.0751. The van der Waals surface area contributed by atoms with Crippen LogP contribution in [0.5, 0.6) is 0 Å². The van der Waals surface area contributed by atoms with Gasteiger partial charge < -0.3 is 0 Å². The zero-order chi connectivity index (χ0) is 12.4. The Balaban J connectivity index is 1.94. The number of carbonyl (C=O) groups excluding carboxylic acids is 2. The van der Waals surface area contributed by atoms with E-state index in [1.165, 1.54) is 23.8 Å². The SMILES string of the molecule is CCCC1CCC(N2C(=O)C=C(C)C2=O)CC1. The van der Waals surface area contributed by atoms with Crippen LogP contribution in [0.3, 0.4) is 0 Å². The van der Waals surface area contributed by atoms with Crippen LogP contribution in [0.1, 0.15) is 52.4 Å². The van der Waals surface area contributed by atoms with E-state index in [4.69, 9.17) is 0 Å². The largest absolute Gasteiger partial charge is 0.272 e. The highest BCUT2D eigenvalue weighted by Gasteiger charge is 2.36. The average Bonchev–Trinajstić information content (AvgIpc) is 2.55. The second-order valence-corrected chi connectivity index (χ2v) is 5.30. The van der Waals surface area contributed by atoms with Crippen molar-refractivity contribution in [1.82, 2.24) is 4.90 Å². The molecule has 0 aromatic heterocycles. The molecule has 17 heavy (non-hydrogen) atoms. The van der Waals surface area contributed by atoms with Gasteiger partial charge in [-0.05, 0) is 38.5 Å². The van der Waals surface area contributed by atoms with E-state index < -0.39 is 0 Å². The zero-order valence-electron chi connectivity index (χ0n) is 10.7. The zero-order valence-corrected chi connectivity index (χ0v) is 10.7. The average molecular weight is 235 g/mol. The molecule has 0 unspecified atom stereocenters. The van der Waals surface area contributed by atoms with E-state index in [9.17, 15) is 9.59 Å². The van der Waals surface area contributed by atoms with E-state index >= 15 is 0 Å². The molecule has 1 fully saturated rings. The van der Waals surface area contributed by atoms with Gasteiger partial charge in [0, 0.05) is 17.7 Å². The van der Waals surface area contributed by atoms with Gasteiger partial charge in [-0.3, -0.25) is 14.5 Å². The Morgan fingerprint density at radius 1 is 1.24 bits per heavy atom. The molecule has 94 valence electrons. The van der Waals surface area contributed by atoms with Crippen LogP contribution in [-0.4, -0.2) is 22.8 Å². The van der Waals surface area contributed by atoms with E-state index in [2.05, 4.69) is 6.92 Å². The van der Waals surface area contributed by atoms with Crippen molar-refractivity contribution in [2.45, 2.75) is 58.4 Å². The van der Waals surface area contributed by atoms with Gasteiger partial charge >= 0.3 is 0 Å². The highest BCUT2D eigenvalue weighted by Crippen LogP contribution is 2.32. The predicted molar refractivity (Wildman–Crippen MR) is 66.3 cm³/mol. The first-order valence-corrected chi connectivity index (χ1v) is 6.69. The number of rotatable bonds is 3. The lowest BCUT2D eigenvalue weighted by molar-refractivity contribution is -0.140. The molecule has 0 aromatic carbocycles. The number of hydrogen-bond donors (Lipinski definition) is 0. The molecule has 0 radical (unpaired) electrons. The van der Waals surface area contributed by atoms with E-state index in [0.717, 1.165) is 31.6 Å². The third-order valence-corrected chi connectivity index (χ3v) is 4.01. The van der Waals surface area contributed by atoms with Gasteiger partial charge in [0.15, 0.2) is 0 Å². The second kappa shape index (κ2) is 5.03. The highest BCUT2D eigenvalue weighted by atomic mass is 16.2. The lowest BCUT2D eigenvalue weighted by Crippen LogP contribution is -2.42. The Labute approximate surface area is 103 Å². The van der Waals surface area contributed by atoms with Crippen molar-refractivity contribution in [2.24, 2.45) is 5.92 Å². The fraction of sp³-hybridized carbons (Fsp3) is 0.714. The molecule has 1 aliphatic carbocycles. The Morgan fingerprint density at radius 2 is 1.88 bits per heavy atom. The van der Waals surface area contributed by atoms with Crippen molar-refractivity contribution in [3.8, 4) is 0 Å². The molecule has 2 rings (SSSR count). The molecule has 1 heterocycles. The predicted octanol–water partition coefficient (Wildman–Crippen LogP) is 2.66. The summed E-state index contributed by atoms with van der Waals surface area (Å²) in [6.07, 6.45) is 8.29. The quantitative estimate of drug-likeness (QED) is 0.705. The molecule has 3 heteroatoms. The monoisotopic (exact) mass is 235 g/mol. The Kier molecular flexibility index (Phi) is 3.65. The third kappa shape index (κ3) is 2.43. The lowest BCUT2D eigenvalue weighted by atomic mass is 9.83. The summed E-state index contributed by atoms with van der Waals surface area (Å²) < 4.78 is 0. The van der Waals surface area contributed by atoms with Crippen LogP contribution in [-0.2, 0) is 9.59 Å². The molecule has 0 bridgehead atoms. The summed E-state index contributed by atoms with van der Waals surface area (Å²) in [5.74, 6) is 0.624. The lowest BCUT2D eigenvalue weighted by Gasteiger charge is -2.33. The molecule has 0 N–H and O–H groups in total. The van der Waals surface area contributed by atoms with Gasteiger partial charge in [-0.2, -0.15) is 0 Å². The van der Waals surface area contributed by atoms with Crippen LogP contribution in [0.25, 0.3) is 0 Å². The number of amides is 2. The van der Waals surface area contributed by atoms with Gasteiger partial charge in [-0.15, -0.1) is 0 Å². The first kappa shape index (κ1) is 12.3. The molecule has 3 nitrogen and oxygen atoms in total. The normalized spacial score (nSPS) is 29.8. The van der Waals surface area contributed by atoms with Crippen LogP contribution >= 0.6 is 0 Å². The van der Waals surface area contributed by atoms with E-state index in [1.807, 2.05) is 0 Å². The molecule has 1 saturated carbocycles. The highest BCUT2D eigenvalue weighted by molar-refractivity contribution is 6.16. The molecule has 0 atom stereocenters. The molecule has 2 amide bonds. The van der Waals surface area contributed by atoms with Crippen molar-refractivity contribution >= 4 is 11.8 Å². The Morgan fingerprint density at radius 3 is 2.35 bits per heavy atom. The molecule has 2 aliphatic rings. The van der Waals surface area contributed by atoms with Crippen molar-refractivity contribution in [3.05, 3.63) is 11.6 Å². The minimum Gasteiger partial charge on any atom is -0.272 e. The number of carbonyl (C=O) groups is 2. The van der Waals surface area contributed by atoms with Crippen LogP contribution < -0.4 is 0 Å². The van der Waals surface area contributed by atoms with Crippen molar-refractivity contribution < 1.29 is 9.59 Å². The molecule has 1 aliphatic heterocycles. The minimum atomic E-state index is -0.105. The fourth-order valence-corrected chi connectivity index (χ4v) is 3.05. The maximum absolute atomic E-state index is 11.9. The van der Waals surface area contributed by atoms with Crippen LogP contribution in [0.2, 0.25) is 0 Å². The molecular weight excluding hydrogens is 214 g/mol. The van der Waals surface area contributed by atoms with Gasteiger partial charge in [-0.25, -0.2) is 0 Å².